The molecule has 2 heterocycles. The molecule has 0 aromatic rings. The lowest BCUT2D eigenvalue weighted by Gasteiger charge is -2.62. The largest absolute Gasteiger partial charge is 0.355 e. The third-order valence-corrected chi connectivity index (χ3v) is 5.75. The average molecular weight is 280 g/mol. The van der Waals surface area contributed by atoms with E-state index in [1.807, 2.05) is 7.05 Å². The molecule has 0 aliphatic carbocycles. The molecule has 2 aliphatic heterocycles. The minimum absolute atomic E-state index is 0.176. The highest BCUT2D eigenvalue weighted by molar-refractivity contribution is 5.82. The summed E-state index contributed by atoms with van der Waals surface area (Å²) in [5.41, 5.74) is 0.530. The van der Waals surface area contributed by atoms with Gasteiger partial charge in [-0.25, -0.2) is 0 Å². The molecule has 4 heteroatoms. The second-order valence-corrected chi connectivity index (χ2v) is 7.38. The first kappa shape index (κ1) is 15.6. The van der Waals surface area contributed by atoms with Crippen molar-refractivity contribution in [1.29, 1.82) is 0 Å². The summed E-state index contributed by atoms with van der Waals surface area (Å²) >= 11 is 0. The lowest BCUT2D eigenvalue weighted by Crippen LogP contribution is -2.72. The fraction of sp³-hybridized carbons (Fsp3) is 0.938. The first-order chi connectivity index (χ1) is 9.33. The molecule has 0 radical (unpaired) electrons. The Balaban J connectivity index is 1.92. The molecule has 0 aromatic carbocycles. The molecular weight excluding hydrogens is 248 g/mol. The topological polar surface area (TPSA) is 30.9 Å². The SMILES string of the molecule is CCN1CCCC1CNC(=NC)N1CC(C)(C)C1(C)C. The van der Waals surface area contributed by atoms with Crippen molar-refractivity contribution in [2.24, 2.45) is 10.4 Å². The highest BCUT2D eigenvalue weighted by Gasteiger charge is 2.53. The van der Waals surface area contributed by atoms with Gasteiger partial charge in [-0.2, -0.15) is 0 Å². The number of guanidine groups is 1. The van der Waals surface area contributed by atoms with Crippen LogP contribution in [-0.4, -0.2) is 60.6 Å². The van der Waals surface area contributed by atoms with Gasteiger partial charge in [0.25, 0.3) is 0 Å². The van der Waals surface area contributed by atoms with Gasteiger partial charge < -0.3 is 10.2 Å². The summed E-state index contributed by atoms with van der Waals surface area (Å²) < 4.78 is 0. The van der Waals surface area contributed by atoms with Gasteiger partial charge in [0.1, 0.15) is 0 Å². The van der Waals surface area contributed by atoms with Gasteiger partial charge in [0.15, 0.2) is 5.96 Å². The van der Waals surface area contributed by atoms with Crippen molar-refractivity contribution in [3.8, 4) is 0 Å². The first-order valence-electron chi connectivity index (χ1n) is 8.06. The normalized spacial score (nSPS) is 29.4. The number of likely N-dealkylation sites (tertiary alicyclic amines) is 2. The minimum Gasteiger partial charge on any atom is -0.355 e. The second kappa shape index (κ2) is 5.55. The highest BCUT2D eigenvalue weighted by atomic mass is 15.4. The molecule has 2 rings (SSSR count). The Bertz CT molecular complexity index is 373. The van der Waals surface area contributed by atoms with Crippen LogP contribution in [0, 0.1) is 5.41 Å². The number of hydrogen-bond acceptors (Lipinski definition) is 2. The van der Waals surface area contributed by atoms with E-state index in [-0.39, 0.29) is 5.54 Å². The molecule has 1 atom stereocenters. The maximum atomic E-state index is 4.50. The van der Waals surface area contributed by atoms with Crippen LogP contribution in [0.4, 0.5) is 0 Å². The molecule has 20 heavy (non-hydrogen) atoms. The van der Waals surface area contributed by atoms with Crippen LogP contribution in [0.5, 0.6) is 0 Å². The van der Waals surface area contributed by atoms with Crippen LogP contribution in [0.3, 0.4) is 0 Å². The first-order valence-corrected chi connectivity index (χ1v) is 8.06. The molecule has 0 bridgehead atoms. The van der Waals surface area contributed by atoms with Crippen LogP contribution < -0.4 is 5.32 Å². The van der Waals surface area contributed by atoms with E-state index in [2.05, 4.69) is 54.7 Å². The van der Waals surface area contributed by atoms with Crippen molar-refractivity contribution < 1.29 is 0 Å². The van der Waals surface area contributed by atoms with Crippen molar-refractivity contribution in [2.75, 3.05) is 33.2 Å². The summed E-state index contributed by atoms with van der Waals surface area (Å²) in [5, 5.41) is 3.61. The predicted octanol–water partition coefficient (Wildman–Crippen LogP) is 2.17. The number of nitrogens with one attached hydrogen (secondary N) is 1. The fourth-order valence-electron chi connectivity index (χ4n) is 3.45. The van der Waals surface area contributed by atoms with Crippen molar-refractivity contribution >= 4 is 5.96 Å². The molecule has 1 N–H and O–H groups in total. The van der Waals surface area contributed by atoms with E-state index in [1.165, 1.54) is 19.4 Å². The van der Waals surface area contributed by atoms with Gasteiger partial charge >= 0.3 is 0 Å². The Morgan fingerprint density at radius 2 is 2.00 bits per heavy atom. The van der Waals surface area contributed by atoms with Crippen molar-refractivity contribution in [3.05, 3.63) is 0 Å². The molecule has 2 aliphatic rings. The Kier molecular flexibility index (Phi) is 4.33. The zero-order chi connectivity index (χ0) is 15.0. The van der Waals surface area contributed by atoms with Crippen molar-refractivity contribution in [3.63, 3.8) is 0 Å². The number of nitrogens with zero attached hydrogens (tertiary/aromatic N) is 3. The molecule has 116 valence electrons. The van der Waals surface area contributed by atoms with Crippen LogP contribution in [0.1, 0.15) is 47.5 Å². The zero-order valence-electron chi connectivity index (χ0n) is 14.2. The van der Waals surface area contributed by atoms with Gasteiger partial charge in [-0.05, 0) is 39.8 Å². The van der Waals surface area contributed by atoms with E-state index in [0.717, 1.165) is 25.6 Å². The summed E-state index contributed by atoms with van der Waals surface area (Å²) in [6, 6.07) is 0.675. The summed E-state index contributed by atoms with van der Waals surface area (Å²) in [6.45, 7) is 16.1. The van der Waals surface area contributed by atoms with E-state index in [9.17, 15) is 0 Å². The average Bonchev–Trinajstić information content (AvgIpc) is 2.85. The molecule has 2 saturated heterocycles. The number of likely N-dealkylation sites (N-methyl/N-ethyl adjacent to an activating group) is 1. The molecule has 0 saturated carbocycles. The minimum atomic E-state index is 0.176. The molecule has 2 fully saturated rings. The van der Waals surface area contributed by atoms with Crippen LogP contribution >= 0.6 is 0 Å². The van der Waals surface area contributed by atoms with E-state index >= 15 is 0 Å². The summed E-state index contributed by atoms with van der Waals surface area (Å²) in [6.07, 6.45) is 2.65. The summed E-state index contributed by atoms with van der Waals surface area (Å²) in [7, 11) is 1.90. The smallest absolute Gasteiger partial charge is 0.194 e. The van der Waals surface area contributed by atoms with Gasteiger partial charge in [-0.1, -0.05) is 20.8 Å². The quantitative estimate of drug-likeness (QED) is 0.635. The lowest BCUT2D eigenvalue weighted by atomic mass is 9.65. The highest BCUT2D eigenvalue weighted by Crippen LogP contribution is 2.46. The van der Waals surface area contributed by atoms with Crippen molar-refractivity contribution in [1.82, 2.24) is 15.1 Å². The van der Waals surface area contributed by atoms with Crippen LogP contribution in [0.2, 0.25) is 0 Å². The van der Waals surface area contributed by atoms with Crippen molar-refractivity contribution in [2.45, 2.75) is 59.0 Å². The third kappa shape index (κ3) is 2.54. The second-order valence-electron chi connectivity index (χ2n) is 7.38. The Morgan fingerprint density at radius 1 is 1.30 bits per heavy atom. The van der Waals surface area contributed by atoms with E-state index in [0.29, 0.717) is 11.5 Å². The van der Waals surface area contributed by atoms with Gasteiger partial charge in [0, 0.05) is 37.1 Å². The van der Waals surface area contributed by atoms with Gasteiger partial charge in [0.05, 0.1) is 0 Å². The molecule has 0 aromatic heterocycles. The maximum absolute atomic E-state index is 4.50. The monoisotopic (exact) mass is 280 g/mol. The number of rotatable bonds is 3. The Labute approximate surface area is 124 Å². The molecule has 0 amide bonds. The van der Waals surface area contributed by atoms with Gasteiger partial charge in [-0.15, -0.1) is 0 Å². The van der Waals surface area contributed by atoms with Crippen LogP contribution in [0.15, 0.2) is 4.99 Å². The Hall–Kier alpha value is -0.770. The zero-order valence-corrected chi connectivity index (χ0v) is 14.2. The summed E-state index contributed by atoms with van der Waals surface area (Å²) in [5.74, 6) is 1.07. The predicted molar refractivity (Wildman–Crippen MR) is 86.2 cm³/mol. The number of aliphatic imine (C=N–C) groups is 1. The third-order valence-electron chi connectivity index (χ3n) is 5.75. The standard InChI is InChI=1S/C16H32N4/c1-7-19-10-8-9-13(19)11-18-14(17-6)20-12-15(2,3)16(20,4)5/h13H,7-12H2,1-6H3,(H,17,18). The van der Waals surface area contributed by atoms with Crippen LogP contribution in [0.25, 0.3) is 0 Å². The van der Waals surface area contributed by atoms with Crippen LogP contribution in [-0.2, 0) is 0 Å². The number of hydrogen-bond donors (Lipinski definition) is 1. The molecule has 4 nitrogen and oxygen atoms in total. The van der Waals surface area contributed by atoms with E-state index in [1.54, 1.807) is 0 Å². The molecule has 1 unspecified atom stereocenters. The maximum Gasteiger partial charge on any atom is 0.194 e. The fourth-order valence-corrected chi connectivity index (χ4v) is 3.45. The van der Waals surface area contributed by atoms with Gasteiger partial charge in [-0.3, -0.25) is 9.89 Å². The van der Waals surface area contributed by atoms with E-state index in [4.69, 9.17) is 0 Å². The van der Waals surface area contributed by atoms with E-state index < -0.39 is 0 Å². The molecular formula is C16H32N4. The lowest BCUT2D eigenvalue weighted by molar-refractivity contribution is -0.0668. The molecule has 0 spiro atoms. The summed E-state index contributed by atoms with van der Waals surface area (Å²) in [4.78, 5) is 9.49. The Morgan fingerprint density at radius 3 is 2.50 bits per heavy atom. The van der Waals surface area contributed by atoms with Gasteiger partial charge in [0.2, 0.25) is 0 Å².